The highest BCUT2D eigenvalue weighted by atomic mass is 16.5. The molecule has 2 atom stereocenters. The normalized spacial score (nSPS) is 22.4. The molecular formula is C23H38N4O2. The minimum Gasteiger partial charge on any atom is -0.489 e. The Morgan fingerprint density at radius 3 is 2.66 bits per heavy atom. The molecule has 0 spiro atoms. The Hall–Kier alpha value is -1.79. The highest BCUT2D eigenvalue weighted by Crippen LogP contribution is 2.18. The van der Waals surface area contributed by atoms with Gasteiger partial charge in [0.25, 0.3) is 0 Å². The van der Waals surface area contributed by atoms with E-state index in [0.29, 0.717) is 12.6 Å². The lowest BCUT2D eigenvalue weighted by Crippen LogP contribution is -2.49. The topological polar surface area (TPSA) is 58.1 Å². The van der Waals surface area contributed by atoms with E-state index < -0.39 is 0 Å². The predicted octanol–water partition coefficient (Wildman–Crippen LogP) is 2.90. The van der Waals surface area contributed by atoms with Gasteiger partial charge in [-0.1, -0.05) is 25.1 Å². The molecule has 2 aliphatic heterocycles. The summed E-state index contributed by atoms with van der Waals surface area (Å²) in [5.41, 5.74) is 0. The van der Waals surface area contributed by atoms with E-state index in [2.05, 4.69) is 29.4 Å². The molecule has 1 aromatic carbocycles. The Kier molecular flexibility index (Phi) is 9.09. The number of guanidine groups is 1. The number of hydrogen-bond acceptors (Lipinski definition) is 4. The van der Waals surface area contributed by atoms with Gasteiger partial charge in [0.05, 0.1) is 13.2 Å². The Balaban J connectivity index is 1.44. The first-order valence-electron chi connectivity index (χ1n) is 11.3. The maximum absolute atomic E-state index is 6.08. The highest BCUT2D eigenvalue weighted by molar-refractivity contribution is 5.80. The van der Waals surface area contributed by atoms with E-state index in [1.165, 1.54) is 13.0 Å². The number of likely N-dealkylation sites (tertiary alicyclic amines) is 1. The molecule has 2 unspecified atom stereocenters. The van der Waals surface area contributed by atoms with Crippen molar-refractivity contribution < 1.29 is 9.47 Å². The van der Waals surface area contributed by atoms with Gasteiger partial charge >= 0.3 is 0 Å². The number of benzene rings is 1. The van der Waals surface area contributed by atoms with Crippen LogP contribution in [-0.2, 0) is 4.74 Å². The monoisotopic (exact) mass is 402 g/mol. The minimum atomic E-state index is 0.0864. The zero-order chi connectivity index (χ0) is 20.3. The first-order chi connectivity index (χ1) is 14.3. The van der Waals surface area contributed by atoms with E-state index in [4.69, 9.17) is 14.5 Å². The zero-order valence-electron chi connectivity index (χ0n) is 18.1. The number of rotatable bonds is 9. The Morgan fingerprint density at radius 1 is 1.21 bits per heavy atom. The molecule has 6 heteroatoms. The van der Waals surface area contributed by atoms with Crippen LogP contribution in [0.1, 0.15) is 39.5 Å². The first kappa shape index (κ1) is 21.9. The van der Waals surface area contributed by atoms with Crippen LogP contribution in [0.5, 0.6) is 5.75 Å². The number of ether oxygens (including phenoxy) is 2. The fourth-order valence-corrected chi connectivity index (χ4v) is 4.00. The summed E-state index contributed by atoms with van der Waals surface area (Å²) in [6.07, 6.45) is 4.56. The largest absolute Gasteiger partial charge is 0.489 e. The van der Waals surface area contributed by atoms with Gasteiger partial charge in [-0.15, -0.1) is 0 Å². The molecule has 2 N–H and O–H groups in total. The van der Waals surface area contributed by atoms with Crippen LogP contribution in [-0.4, -0.2) is 68.9 Å². The molecule has 2 saturated heterocycles. The fraction of sp³-hybridized carbons (Fsp3) is 0.696. The molecule has 2 aliphatic rings. The maximum atomic E-state index is 6.08. The molecule has 0 radical (unpaired) electrons. The second kappa shape index (κ2) is 12.0. The van der Waals surface area contributed by atoms with Crippen LogP contribution in [0, 0.1) is 5.92 Å². The van der Waals surface area contributed by atoms with Crippen molar-refractivity contribution in [3.8, 4) is 5.75 Å². The van der Waals surface area contributed by atoms with Crippen LogP contribution in [0.15, 0.2) is 35.3 Å². The molecule has 0 amide bonds. The van der Waals surface area contributed by atoms with Crippen LogP contribution in [0.4, 0.5) is 0 Å². The van der Waals surface area contributed by atoms with Crippen LogP contribution in [0.25, 0.3) is 0 Å². The molecular weight excluding hydrogens is 364 g/mol. The van der Waals surface area contributed by atoms with Gasteiger partial charge in [-0.05, 0) is 50.7 Å². The Morgan fingerprint density at radius 2 is 2.00 bits per heavy atom. The van der Waals surface area contributed by atoms with Gasteiger partial charge in [-0.2, -0.15) is 0 Å². The summed E-state index contributed by atoms with van der Waals surface area (Å²) in [6, 6.07) is 10.5. The lowest BCUT2D eigenvalue weighted by molar-refractivity contribution is 0.150. The molecule has 0 bridgehead atoms. The summed E-state index contributed by atoms with van der Waals surface area (Å²) in [4.78, 5) is 7.42. The molecule has 1 aromatic rings. The van der Waals surface area contributed by atoms with Crippen molar-refractivity contribution in [2.45, 2.75) is 51.7 Å². The standard InChI is InChI=1S/C23H38N4O2/c1-3-21(29-22-8-6-5-7-9-22)16-25-23(24-4-2)26-20-10-13-27(14-11-20)17-19-12-15-28-18-19/h5-9,19-21H,3-4,10-18H2,1-2H3,(H2,24,25,26). The molecule has 0 aliphatic carbocycles. The predicted molar refractivity (Wildman–Crippen MR) is 119 cm³/mol. The van der Waals surface area contributed by atoms with Crippen LogP contribution >= 0.6 is 0 Å². The van der Waals surface area contributed by atoms with Crippen LogP contribution in [0.3, 0.4) is 0 Å². The third-order valence-electron chi connectivity index (χ3n) is 5.77. The average molecular weight is 403 g/mol. The number of nitrogens with one attached hydrogen (secondary N) is 2. The summed E-state index contributed by atoms with van der Waals surface area (Å²) < 4.78 is 11.6. The van der Waals surface area contributed by atoms with Gasteiger partial charge in [-0.25, -0.2) is 4.99 Å². The molecule has 3 rings (SSSR count). The van der Waals surface area contributed by atoms with Crippen molar-refractivity contribution in [2.75, 3.05) is 45.9 Å². The summed E-state index contributed by atoms with van der Waals surface area (Å²) in [5.74, 6) is 2.55. The third-order valence-corrected chi connectivity index (χ3v) is 5.77. The summed E-state index contributed by atoms with van der Waals surface area (Å²) in [5, 5.41) is 7.04. The molecule has 162 valence electrons. The van der Waals surface area contributed by atoms with Gasteiger partial charge in [0.2, 0.25) is 0 Å². The quantitative estimate of drug-likeness (QED) is 0.491. The van der Waals surface area contributed by atoms with Gasteiger partial charge in [0, 0.05) is 38.8 Å². The third kappa shape index (κ3) is 7.52. The number of piperidine rings is 1. The van der Waals surface area contributed by atoms with Crippen molar-refractivity contribution in [3.05, 3.63) is 30.3 Å². The summed E-state index contributed by atoms with van der Waals surface area (Å²) in [6.45, 7) is 11.2. The Labute approximate surface area is 176 Å². The summed E-state index contributed by atoms with van der Waals surface area (Å²) >= 11 is 0. The van der Waals surface area contributed by atoms with Gasteiger partial charge in [-0.3, -0.25) is 0 Å². The van der Waals surface area contributed by atoms with E-state index >= 15 is 0 Å². The smallest absolute Gasteiger partial charge is 0.191 e. The molecule has 2 fully saturated rings. The van der Waals surface area contributed by atoms with Crippen molar-refractivity contribution in [1.82, 2.24) is 15.5 Å². The molecule has 2 heterocycles. The number of nitrogens with zero attached hydrogens (tertiary/aromatic N) is 2. The van der Waals surface area contributed by atoms with E-state index in [9.17, 15) is 0 Å². The maximum Gasteiger partial charge on any atom is 0.191 e. The average Bonchev–Trinajstić information content (AvgIpc) is 3.26. The lowest BCUT2D eigenvalue weighted by atomic mass is 10.0. The minimum absolute atomic E-state index is 0.0864. The fourth-order valence-electron chi connectivity index (χ4n) is 4.00. The van der Waals surface area contributed by atoms with Gasteiger partial charge in [0.1, 0.15) is 11.9 Å². The van der Waals surface area contributed by atoms with Gasteiger partial charge < -0.3 is 25.0 Å². The lowest BCUT2D eigenvalue weighted by Gasteiger charge is -2.34. The molecule has 29 heavy (non-hydrogen) atoms. The van der Waals surface area contributed by atoms with Crippen LogP contribution < -0.4 is 15.4 Å². The summed E-state index contributed by atoms with van der Waals surface area (Å²) in [7, 11) is 0. The second-order valence-electron chi connectivity index (χ2n) is 8.13. The van der Waals surface area contributed by atoms with E-state index in [-0.39, 0.29) is 6.10 Å². The molecule has 0 aromatic heterocycles. The first-order valence-corrected chi connectivity index (χ1v) is 11.3. The van der Waals surface area contributed by atoms with Gasteiger partial charge in [0.15, 0.2) is 5.96 Å². The van der Waals surface area contributed by atoms with Crippen molar-refractivity contribution in [1.29, 1.82) is 0 Å². The SMILES string of the molecule is CCNC(=NCC(CC)Oc1ccccc1)NC1CCN(CC2CCOC2)CC1. The number of para-hydroxylation sites is 1. The van der Waals surface area contributed by atoms with Crippen LogP contribution in [0.2, 0.25) is 0 Å². The van der Waals surface area contributed by atoms with E-state index in [1.54, 1.807) is 0 Å². The van der Waals surface area contributed by atoms with Crippen molar-refractivity contribution in [2.24, 2.45) is 10.9 Å². The number of hydrogen-bond donors (Lipinski definition) is 2. The highest BCUT2D eigenvalue weighted by Gasteiger charge is 2.24. The molecule has 0 saturated carbocycles. The van der Waals surface area contributed by atoms with Crippen molar-refractivity contribution in [3.63, 3.8) is 0 Å². The van der Waals surface area contributed by atoms with Crippen molar-refractivity contribution >= 4 is 5.96 Å². The Bertz CT molecular complexity index is 596. The van der Waals surface area contributed by atoms with E-state index in [0.717, 1.165) is 69.7 Å². The number of aliphatic imine (C=N–C) groups is 1. The zero-order valence-corrected chi connectivity index (χ0v) is 18.1. The molecule has 6 nitrogen and oxygen atoms in total. The van der Waals surface area contributed by atoms with E-state index in [1.807, 2.05) is 30.3 Å². The second-order valence-corrected chi connectivity index (χ2v) is 8.13.